The van der Waals surface area contributed by atoms with Crippen molar-refractivity contribution in [2.45, 2.75) is 6.92 Å². The van der Waals surface area contributed by atoms with E-state index in [1.807, 2.05) is 42.8 Å². The van der Waals surface area contributed by atoms with E-state index < -0.39 is 4.92 Å². The van der Waals surface area contributed by atoms with Gasteiger partial charge in [-0.2, -0.15) is 5.10 Å². The number of hydrogen-bond donors (Lipinski definition) is 1. The van der Waals surface area contributed by atoms with Crippen molar-refractivity contribution in [3.63, 3.8) is 0 Å². The van der Waals surface area contributed by atoms with Gasteiger partial charge in [0, 0.05) is 24.7 Å². The van der Waals surface area contributed by atoms with Crippen molar-refractivity contribution >= 4 is 28.9 Å². The van der Waals surface area contributed by atoms with Crippen LogP contribution in [0.2, 0.25) is 0 Å². The summed E-state index contributed by atoms with van der Waals surface area (Å²) >= 11 is 0. The number of imidazole rings is 1. The fraction of sp³-hybridized carbons (Fsp3) is 0.100. The lowest BCUT2D eigenvalue weighted by atomic mass is 10.1. The molecular weight excluding hydrogens is 358 g/mol. The van der Waals surface area contributed by atoms with Gasteiger partial charge in [-0.25, -0.2) is 10.4 Å². The third kappa shape index (κ3) is 3.23. The van der Waals surface area contributed by atoms with Crippen LogP contribution in [0.5, 0.6) is 0 Å². The van der Waals surface area contributed by atoms with Gasteiger partial charge in [0.2, 0.25) is 5.95 Å². The van der Waals surface area contributed by atoms with Crippen LogP contribution >= 0.6 is 0 Å². The number of nitrogens with zero attached hydrogens (tertiary/aromatic N) is 4. The number of fused-ring (bicyclic) bond motifs is 1. The number of hydrazone groups is 1. The Morgan fingerprint density at radius 3 is 2.82 bits per heavy atom. The predicted octanol–water partition coefficient (Wildman–Crippen LogP) is 4.50. The highest BCUT2D eigenvalue weighted by Crippen LogP contribution is 2.28. The molecule has 4 rings (SSSR count). The molecule has 0 radical (unpaired) electrons. The van der Waals surface area contributed by atoms with Crippen molar-refractivity contribution in [3.8, 4) is 11.3 Å². The fourth-order valence-corrected chi connectivity index (χ4v) is 2.96. The third-order valence-corrected chi connectivity index (χ3v) is 4.47. The minimum atomic E-state index is -0.422. The van der Waals surface area contributed by atoms with Crippen LogP contribution in [-0.2, 0) is 7.05 Å². The minimum absolute atomic E-state index is 0.0238. The average Bonchev–Trinajstić information content (AvgIpc) is 3.27. The van der Waals surface area contributed by atoms with Crippen molar-refractivity contribution in [1.82, 2.24) is 9.55 Å². The predicted molar refractivity (Wildman–Crippen MR) is 107 cm³/mol. The number of aromatic nitrogens is 2. The number of aryl methyl sites for hydroxylation is 2. The second kappa shape index (κ2) is 6.99. The van der Waals surface area contributed by atoms with Crippen LogP contribution in [0.15, 0.2) is 64.1 Å². The molecule has 8 heteroatoms. The average molecular weight is 375 g/mol. The van der Waals surface area contributed by atoms with E-state index in [-0.39, 0.29) is 5.69 Å². The topological polar surface area (TPSA) is 98.5 Å². The van der Waals surface area contributed by atoms with Gasteiger partial charge in [-0.15, -0.1) is 0 Å². The number of non-ortho nitro benzene ring substituents is 1. The molecule has 0 atom stereocenters. The molecule has 1 N–H and O–H groups in total. The quantitative estimate of drug-likeness (QED) is 0.315. The zero-order valence-corrected chi connectivity index (χ0v) is 15.3. The first-order valence-corrected chi connectivity index (χ1v) is 8.59. The Bertz CT molecular complexity index is 1210. The van der Waals surface area contributed by atoms with Crippen LogP contribution in [0.3, 0.4) is 0 Å². The van der Waals surface area contributed by atoms with E-state index in [2.05, 4.69) is 15.5 Å². The number of hydrogen-bond acceptors (Lipinski definition) is 6. The number of nitro benzene ring substituents is 1. The molecular formula is C20H17N5O3. The van der Waals surface area contributed by atoms with E-state index >= 15 is 0 Å². The largest absolute Gasteiger partial charge is 0.455 e. The lowest BCUT2D eigenvalue weighted by Crippen LogP contribution is -1.98. The van der Waals surface area contributed by atoms with Crippen LogP contribution in [0, 0.1) is 17.0 Å². The molecule has 0 amide bonds. The lowest BCUT2D eigenvalue weighted by Gasteiger charge is -2.02. The minimum Gasteiger partial charge on any atom is -0.455 e. The summed E-state index contributed by atoms with van der Waals surface area (Å²) in [5.41, 5.74) is 6.38. The highest BCUT2D eigenvalue weighted by Gasteiger charge is 2.13. The Balaban J connectivity index is 1.54. The first-order chi connectivity index (χ1) is 13.5. The summed E-state index contributed by atoms with van der Waals surface area (Å²) in [4.78, 5) is 15.1. The molecule has 28 heavy (non-hydrogen) atoms. The van der Waals surface area contributed by atoms with Crippen LogP contribution < -0.4 is 5.43 Å². The molecule has 0 unspecified atom stereocenters. The van der Waals surface area contributed by atoms with E-state index in [1.165, 1.54) is 18.3 Å². The van der Waals surface area contributed by atoms with Crippen LogP contribution in [0.4, 0.5) is 11.6 Å². The van der Waals surface area contributed by atoms with E-state index in [4.69, 9.17) is 4.42 Å². The molecule has 2 aromatic heterocycles. The summed E-state index contributed by atoms with van der Waals surface area (Å²) in [5, 5.41) is 15.2. The van der Waals surface area contributed by atoms with Crippen molar-refractivity contribution < 1.29 is 9.34 Å². The molecule has 0 aliphatic heterocycles. The lowest BCUT2D eigenvalue weighted by molar-refractivity contribution is -0.384. The molecule has 8 nitrogen and oxygen atoms in total. The number of furan rings is 1. The SMILES string of the molecule is Cc1ccc([N+](=O)[O-])cc1-c1ccc(/C=N\Nc2nc3ccccc3n2C)o1. The Hall–Kier alpha value is -3.94. The molecule has 0 bridgehead atoms. The van der Waals surface area contributed by atoms with Gasteiger partial charge in [-0.3, -0.25) is 10.1 Å². The Labute approximate surface area is 160 Å². The van der Waals surface area contributed by atoms with Gasteiger partial charge in [0.05, 0.1) is 22.2 Å². The van der Waals surface area contributed by atoms with E-state index in [0.29, 0.717) is 23.0 Å². The van der Waals surface area contributed by atoms with Gasteiger partial charge in [-0.05, 0) is 36.8 Å². The molecule has 140 valence electrons. The van der Waals surface area contributed by atoms with Gasteiger partial charge in [0.25, 0.3) is 5.69 Å². The first-order valence-electron chi connectivity index (χ1n) is 8.59. The number of benzene rings is 2. The number of nitro groups is 1. The van der Waals surface area contributed by atoms with Gasteiger partial charge in [0.1, 0.15) is 11.5 Å². The second-order valence-corrected chi connectivity index (χ2v) is 6.31. The number of anilines is 1. The summed E-state index contributed by atoms with van der Waals surface area (Å²) in [7, 11) is 1.91. The summed E-state index contributed by atoms with van der Waals surface area (Å²) < 4.78 is 7.68. The van der Waals surface area contributed by atoms with Gasteiger partial charge < -0.3 is 8.98 Å². The summed E-state index contributed by atoms with van der Waals surface area (Å²) in [6.45, 7) is 1.88. The first kappa shape index (κ1) is 17.5. The van der Waals surface area contributed by atoms with Crippen LogP contribution in [0.25, 0.3) is 22.4 Å². The zero-order chi connectivity index (χ0) is 19.7. The monoisotopic (exact) mass is 375 g/mol. The zero-order valence-electron chi connectivity index (χ0n) is 15.3. The Morgan fingerprint density at radius 2 is 2.04 bits per heavy atom. The standard InChI is InChI=1S/C20H17N5O3/c1-13-7-8-14(25(26)27)11-16(13)19-10-9-15(28-19)12-21-23-20-22-17-5-3-4-6-18(17)24(20)2/h3-12H,1-2H3,(H,22,23)/b21-12-. The van der Waals surface area contributed by atoms with Gasteiger partial charge in [-0.1, -0.05) is 18.2 Å². The molecule has 4 aromatic rings. The summed E-state index contributed by atoms with van der Waals surface area (Å²) in [5.74, 6) is 1.68. The van der Waals surface area contributed by atoms with Crippen LogP contribution in [-0.4, -0.2) is 20.7 Å². The maximum atomic E-state index is 11.0. The fourth-order valence-electron chi connectivity index (χ4n) is 2.96. The highest BCUT2D eigenvalue weighted by atomic mass is 16.6. The molecule has 2 heterocycles. The van der Waals surface area contributed by atoms with Crippen LogP contribution in [0.1, 0.15) is 11.3 Å². The highest BCUT2D eigenvalue weighted by molar-refractivity contribution is 5.80. The van der Waals surface area contributed by atoms with E-state index in [9.17, 15) is 10.1 Å². The Kier molecular flexibility index (Phi) is 4.36. The van der Waals surface area contributed by atoms with E-state index in [0.717, 1.165) is 16.6 Å². The van der Waals surface area contributed by atoms with Crippen molar-refractivity contribution in [2.24, 2.45) is 12.1 Å². The summed E-state index contributed by atoms with van der Waals surface area (Å²) in [6, 6.07) is 16.0. The maximum absolute atomic E-state index is 11.0. The molecule has 0 saturated carbocycles. The van der Waals surface area contributed by atoms with E-state index in [1.54, 1.807) is 18.2 Å². The number of rotatable bonds is 5. The van der Waals surface area contributed by atoms with Gasteiger partial charge >= 0.3 is 0 Å². The molecule has 0 aliphatic rings. The van der Waals surface area contributed by atoms with Crippen molar-refractivity contribution in [1.29, 1.82) is 0 Å². The smallest absolute Gasteiger partial charge is 0.270 e. The number of nitrogens with one attached hydrogen (secondary N) is 1. The number of para-hydroxylation sites is 2. The molecule has 0 aliphatic carbocycles. The van der Waals surface area contributed by atoms with Gasteiger partial charge in [0.15, 0.2) is 0 Å². The second-order valence-electron chi connectivity index (χ2n) is 6.31. The molecule has 2 aromatic carbocycles. The molecule has 0 fully saturated rings. The molecule has 0 spiro atoms. The molecule has 0 saturated heterocycles. The normalized spacial score (nSPS) is 11.4. The van der Waals surface area contributed by atoms with Crippen molar-refractivity contribution in [2.75, 3.05) is 5.43 Å². The Morgan fingerprint density at radius 1 is 1.21 bits per heavy atom. The third-order valence-electron chi connectivity index (χ3n) is 4.47. The summed E-state index contributed by atoms with van der Waals surface area (Å²) in [6.07, 6.45) is 1.54. The maximum Gasteiger partial charge on any atom is 0.270 e. The van der Waals surface area contributed by atoms with Crippen molar-refractivity contribution in [3.05, 3.63) is 76.0 Å².